The van der Waals surface area contributed by atoms with Crippen LogP contribution in [0, 0.1) is 11.8 Å². The number of hydrogen-bond acceptors (Lipinski definition) is 4. The molecule has 1 aromatic carbocycles. The largest absolute Gasteiger partial charge is 0.573 e. The van der Waals surface area contributed by atoms with Gasteiger partial charge >= 0.3 is 12.3 Å². The number of esters is 1. The maximum absolute atomic E-state index is 12.3. The number of nitrogens with zero attached hydrogens (tertiary/aromatic N) is 1. The highest BCUT2D eigenvalue weighted by Crippen LogP contribution is 2.53. The molecule has 0 N–H and O–H groups in total. The van der Waals surface area contributed by atoms with Gasteiger partial charge in [-0.15, -0.1) is 13.2 Å². The van der Waals surface area contributed by atoms with E-state index in [1.807, 2.05) is 0 Å². The Labute approximate surface area is 166 Å². The van der Waals surface area contributed by atoms with Crippen molar-refractivity contribution in [1.29, 1.82) is 0 Å². The molecule has 1 spiro atoms. The van der Waals surface area contributed by atoms with Crippen molar-refractivity contribution in [2.24, 2.45) is 0 Å². The van der Waals surface area contributed by atoms with Gasteiger partial charge in [0.05, 0.1) is 6.04 Å². The minimum atomic E-state index is -4.72. The van der Waals surface area contributed by atoms with Crippen LogP contribution in [-0.4, -0.2) is 41.5 Å². The first-order valence-electron chi connectivity index (χ1n) is 9.65. The molecule has 150 valence electrons. The molecule has 0 aromatic heterocycles. The fourth-order valence-corrected chi connectivity index (χ4v) is 5.05. The van der Waals surface area contributed by atoms with Crippen LogP contribution in [0.5, 0.6) is 5.75 Å². The zero-order valence-corrected chi connectivity index (χ0v) is 15.5. The first-order valence-corrected chi connectivity index (χ1v) is 9.65. The third-order valence-electron chi connectivity index (χ3n) is 6.10. The molecule has 0 radical (unpaired) electrons. The van der Waals surface area contributed by atoms with E-state index in [0.717, 1.165) is 43.4 Å². The molecule has 3 atom stereocenters. The summed E-state index contributed by atoms with van der Waals surface area (Å²) in [4.78, 5) is 14.6. The van der Waals surface area contributed by atoms with E-state index < -0.39 is 12.0 Å². The number of rotatable bonds is 1. The predicted octanol–water partition coefficient (Wildman–Crippen LogP) is 3.73. The number of carbonyl (C=O) groups is 1. The van der Waals surface area contributed by atoms with E-state index in [1.54, 1.807) is 6.08 Å². The van der Waals surface area contributed by atoms with Crippen LogP contribution in [0.1, 0.15) is 31.2 Å². The quantitative estimate of drug-likeness (QED) is 0.531. The summed E-state index contributed by atoms with van der Waals surface area (Å²) in [6.07, 6.45) is 2.95. The molecule has 4 nitrogen and oxygen atoms in total. The lowest BCUT2D eigenvalue weighted by molar-refractivity contribution is -0.274. The molecule has 2 bridgehead atoms. The first-order chi connectivity index (χ1) is 13.8. The van der Waals surface area contributed by atoms with Crippen LogP contribution >= 0.6 is 0 Å². The molecule has 0 amide bonds. The van der Waals surface area contributed by atoms with E-state index in [4.69, 9.17) is 4.74 Å². The maximum atomic E-state index is 12.3. The lowest BCUT2D eigenvalue weighted by Crippen LogP contribution is -2.48. The van der Waals surface area contributed by atoms with Crippen LogP contribution in [0.3, 0.4) is 0 Å². The van der Waals surface area contributed by atoms with E-state index in [-0.39, 0.29) is 23.8 Å². The normalized spacial score (nSPS) is 30.4. The van der Waals surface area contributed by atoms with Crippen LogP contribution in [0.15, 0.2) is 47.6 Å². The van der Waals surface area contributed by atoms with Gasteiger partial charge in [-0.2, -0.15) is 0 Å². The van der Waals surface area contributed by atoms with Gasteiger partial charge in [-0.3, -0.25) is 4.90 Å². The number of ether oxygens (including phenoxy) is 2. The van der Waals surface area contributed by atoms with Gasteiger partial charge in [-0.25, -0.2) is 4.79 Å². The van der Waals surface area contributed by atoms with Crippen molar-refractivity contribution >= 4 is 5.97 Å². The molecule has 1 aliphatic carbocycles. The Kier molecular flexibility index (Phi) is 4.04. The molecule has 3 aliphatic heterocycles. The molecule has 0 saturated carbocycles. The molecule has 4 aliphatic rings. The summed E-state index contributed by atoms with van der Waals surface area (Å²) in [5.74, 6) is 5.51. The minimum absolute atomic E-state index is 0.188. The van der Waals surface area contributed by atoms with Crippen molar-refractivity contribution in [2.45, 2.75) is 49.7 Å². The van der Waals surface area contributed by atoms with Crippen molar-refractivity contribution < 1.29 is 27.4 Å². The average molecular weight is 401 g/mol. The summed E-state index contributed by atoms with van der Waals surface area (Å²) in [6, 6.07) is 5.81. The Balaban J connectivity index is 1.44. The first kappa shape index (κ1) is 18.3. The standard InChI is InChI=1S/C22H18F3NO3/c23-22(24,25)28-17-8-5-14(6-9-17)4-7-15-11-16-13-21(18(15)12-20(27)29-21)19-3-1-2-10-26(16)19/h5-6,8-9,11-12,16,19H,1-3,10,13H2. The second kappa shape index (κ2) is 6.39. The highest BCUT2D eigenvalue weighted by molar-refractivity contribution is 5.90. The van der Waals surface area contributed by atoms with Gasteiger partial charge in [0.2, 0.25) is 0 Å². The van der Waals surface area contributed by atoms with Crippen LogP contribution in [0.2, 0.25) is 0 Å². The van der Waals surface area contributed by atoms with Gasteiger partial charge in [0, 0.05) is 35.2 Å². The van der Waals surface area contributed by atoms with Gasteiger partial charge < -0.3 is 9.47 Å². The van der Waals surface area contributed by atoms with Gasteiger partial charge in [-0.1, -0.05) is 24.3 Å². The summed E-state index contributed by atoms with van der Waals surface area (Å²) >= 11 is 0. The number of alkyl halides is 3. The summed E-state index contributed by atoms with van der Waals surface area (Å²) in [5, 5.41) is 0. The van der Waals surface area contributed by atoms with Crippen molar-refractivity contribution in [2.75, 3.05) is 6.54 Å². The van der Waals surface area contributed by atoms with Crippen LogP contribution in [-0.2, 0) is 9.53 Å². The zero-order chi connectivity index (χ0) is 20.2. The van der Waals surface area contributed by atoms with Crippen LogP contribution in [0.4, 0.5) is 13.2 Å². The topological polar surface area (TPSA) is 38.8 Å². The molecule has 29 heavy (non-hydrogen) atoms. The van der Waals surface area contributed by atoms with E-state index >= 15 is 0 Å². The number of halogens is 3. The predicted molar refractivity (Wildman–Crippen MR) is 97.7 cm³/mol. The molecule has 3 heterocycles. The summed E-state index contributed by atoms with van der Waals surface area (Å²) in [5.41, 5.74) is 1.58. The molecule has 1 aromatic rings. The second-order valence-electron chi connectivity index (χ2n) is 7.79. The fraction of sp³-hybridized carbons (Fsp3) is 0.409. The summed E-state index contributed by atoms with van der Waals surface area (Å²) in [6.45, 7) is 0.986. The molecular weight excluding hydrogens is 383 g/mol. The van der Waals surface area contributed by atoms with Crippen molar-refractivity contribution in [1.82, 2.24) is 4.90 Å². The van der Waals surface area contributed by atoms with Gasteiger partial charge in [0.15, 0.2) is 5.60 Å². The Bertz CT molecular complexity index is 983. The van der Waals surface area contributed by atoms with E-state index in [2.05, 4.69) is 27.6 Å². The Hall–Kier alpha value is -2.72. The van der Waals surface area contributed by atoms with Gasteiger partial charge in [-0.05, 0) is 43.7 Å². The maximum Gasteiger partial charge on any atom is 0.573 e. The third-order valence-corrected chi connectivity index (χ3v) is 6.10. The van der Waals surface area contributed by atoms with E-state index in [1.165, 1.54) is 24.3 Å². The molecule has 5 rings (SSSR count). The molecular formula is C22H18F3NO3. The van der Waals surface area contributed by atoms with Gasteiger partial charge in [0.25, 0.3) is 0 Å². The summed E-state index contributed by atoms with van der Waals surface area (Å²) < 4.78 is 46.6. The van der Waals surface area contributed by atoms with Crippen molar-refractivity contribution in [3.63, 3.8) is 0 Å². The fourth-order valence-electron chi connectivity index (χ4n) is 5.05. The molecule has 2 fully saturated rings. The van der Waals surface area contributed by atoms with Crippen molar-refractivity contribution in [3.8, 4) is 17.6 Å². The minimum Gasteiger partial charge on any atom is -0.449 e. The SMILES string of the molecule is O=C1C=C2C(C#Cc3ccc(OC(F)(F)F)cc3)=CC3CC2(O1)C1CCCCN31. The number of carbonyl (C=O) groups excluding carboxylic acids is 1. The lowest BCUT2D eigenvalue weighted by Gasteiger charge is -2.38. The number of fused-ring (bicyclic) bond motifs is 3. The number of hydrogen-bond donors (Lipinski definition) is 0. The lowest BCUT2D eigenvalue weighted by atomic mass is 9.77. The summed E-state index contributed by atoms with van der Waals surface area (Å²) in [7, 11) is 0. The molecule has 2 saturated heterocycles. The van der Waals surface area contributed by atoms with Crippen LogP contribution in [0.25, 0.3) is 0 Å². The smallest absolute Gasteiger partial charge is 0.449 e. The van der Waals surface area contributed by atoms with Crippen LogP contribution < -0.4 is 4.74 Å². The number of piperidine rings is 1. The average Bonchev–Trinajstić information content (AvgIpc) is 3.15. The Morgan fingerprint density at radius 3 is 2.72 bits per heavy atom. The van der Waals surface area contributed by atoms with E-state index in [9.17, 15) is 18.0 Å². The Morgan fingerprint density at radius 2 is 1.97 bits per heavy atom. The second-order valence-corrected chi connectivity index (χ2v) is 7.79. The monoisotopic (exact) mass is 401 g/mol. The molecule has 7 heteroatoms. The third kappa shape index (κ3) is 3.12. The highest BCUT2D eigenvalue weighted by Gasteiger charge is 2.61. The van der Waals surface area contributed by atoms with Gasteiger partial charge in [0.1, 0.15) is 5.75 Å². The van der Waals surface area contributed by atoms with E-state index in [0.29, 0.717) is 5.56 Å². The number of benzene rings is 1. The van der Waals surface area contributed by atoms with Crippen molar-refractivity contribution in [3.05, 3.63) is 53.1 Å². The highest BCUT2D eigenvalue weighted by atomic mass is 19.4. The zero-order valence-electron chi connectivity index (χ0n) is 15.5. The molecule has 3 unspecified atom stereocenters. The Morgan fingerprint density at radius 1 is 1.17 bits per heavy atom.